The quantitative estimate of drug-likeness (QED) is 0.212. The summed E-state index contributed by atoms with van der Waals surface area (Å²) in [6, 6.07) is 5.30. The number of aromatic nitrogens is 4. The van der Waals surface area contributed by atoms with Gasteiger partial charge in [0.1, 0.15) is 23.2 Å². The molecule has 2 aromatic heterocycles. The van der Waals surface area contributed by atoms with Gasteiger partial charge in [0, 0.05) is 48.6 Å². The van der Waals surface area contributed by atoms with Gasteiger partial charge in [-0.3, -0.25) is 9.69 Å². The molecule has 0 unspecified atom stereocenters. The molecule has 1 aromatic carbocycles. The molecule has 0 atom stereocenters. The number of hydrogen-bond donors (Lipinski definition) is 5. The molecular formula is C32H46N12O. The number of likely N-dealkylation sites (tertiary alicyclic amines) is 1. The maximum absolute atomic E-state index is 13.0. The zero-order valence-electron chi connectivity index (χ0n) is 26.9. The van der Waals surface area contributed by atoms with E-state index >= 15 is 0 Å². The number of aryl methyl sites for hydroxylation is 1. The van der Waals surface area contributed by atoms with Crippen LogP contribution in [0.4, 0.5) is 23.3 Å². The molecule has 2 aliphatic heterocycles. The highest BCUT2D eigenvalue weighted by molar-refractivity contribution is 6.00. The van der Waals surface area contributed by atoms with Gasteiger partial charge in [-0.25, -0.2) is 15.0 Å². The fraction of sp³-hybridized carbons (Fsp3) is 0.500. The Balaban J connectivity index is 1.28. The molecule has 240 valence electrons. The standard InChI is InChI=1S/C32H46N12O/c1-21-8-9-22(30(45)39-25(34)19-24(33)32(2,3)4)18-23(21)38-29-27-26(36-20-37-29)28(35)41-31(40-27)44-16-14-43(15-17-44)13-7-12-42-10-5-6-11-42/h8-9,18-20,33H,5-7,10-17,34H2,1-4H3,(H,39,45)(H2,35,40,41)(H,36,37,38)/b25-19+,33-24?. The lowest BCUT2D eigenvalue weighted by atomic mass is 9.90. The van der Waals surface area contributed by atoms with E-state index in [0.29, 0.717) is 45.6 Å². The summed E-state index contributed by atoms with van der Waals surface area (Å²) in [4.78, 5) is 38.6. The lowest BCUT2D eigenvalue weighted by Crippen LogP contribution is -2.47. The summed E-state index contributed by atoms with van der Waals surface area (Å²) in [5.74, 6) is 1.04. The van der Waals surface area contributed by atoms with E-state index in [1.54, 1.807) is 12.1 Å². The monoisotopic (exact) mass is 614 g/mol. The number of rotatable bonds is 10. The Bertz CT molecular complexity index is 1570. The first-order chi connectivity index (χ1) is 21.5. The molecule has 13 heteroatoms. The Morgan fingerprint density at radius 1 is 1.00 bits per heavy atom. The van der Waals surface area contributed by atoms with Gasteiger partial charge in [-0.2, -0.15) is 4.98 Å². The van der Waals surface area contributed by atoms with E-state index in [4.69, 9.17) is 21.9 Å². The number of nitrogens with zero attached hydrogens (tertiary/aromatic N) is 7. The van der Waals surface area contributed by atoms with Crippen LogP contribution in [0.15, 0.2) is 36.4 Å². The van der Waals surface area contributed by atoms with E-state index in [0.717, 1.165) is 38.3 Å². The second-order valence-corrected chi connectivity index (χ2v) is 12.9. The van der Waals surface area contributed by atoms with Crippen molar-refractivity contribution in [2.24, 2.45) is 11.1 Å². The van der Waals surface area contributed by atoms with Crippen molar-refractivity contribution in [3.05, 3.63) is 47.6 Å². The molecule has 0 spiro atoms. The van der Waals surface area contributed by atoms with Crippen LogP contribution in [0.5, 0.6) is 0 Å². The normalized spacial score (nSPS) is 16.7. The van der Waals surface area contributed by atoms with Crippen LogP contribution in [0.2, 0.25) is 0 Å². The second-order valence-electron chi connectivity index (χ2n) is 12.9. The largest absolute Gasteiger partial charge is 0.385 e. The summed E-state index contributed by atoms with van der Waals surface area (Å²) in [5.41, 5.74) is 15.3. The van der Waals surface area contributed by atoms with E-state index < -0.39 is 0 Å². The maximum Gasteiger partial charge on any atom is 0.256 e. The number of allylic oxidation sites excluding steroid dienone is 1. The molecule has 0 bridgehead atoms. The Kier molecular flexibility index (Phi) is 9.78. The Labute approximate surface area is 265 Å². The topological polar surface area (TPSA) is 178 Å². The van der Waals surface area contributed by atoms with E-state index in [9.17, 15) is 4.79 Å². The molecule has 2 saturated heterocycles. The van der Waals surface area contributed by atoms with Crippen molar-refractivity contribution >= 4 is 45.9 Å². The van der Waals surface area contributed by atoms with Crippen LogP contribution in [0, 0.1) is 17.7 Å². The number of hydrogen-bond acceptors (Lipinski definition) is 12. The van der Waals surface area contributed by atoms with Crippen LogP contribution < -0.4 is 27.0 Å². The summed E-state index contributed by atoms with van der Waals surface area (Å²) >= 11 is 0. The zero-order valence-corrected chi connectivity index (χ0v) is 26.9. The Morgan fingerprint density at radius 3 is 2.38 bits per heavy atom. The van der Waals surface area contributed by atoms with Gasteiger partial charge in [0.25, 0.3) is 5.91 Å². The molecule has 0 saturated carbocycles. The number of fused-ring (bicyclic) bond motifs is 1. The number of amides is 1. The van der Waals surface area contributed by atoms with Crippen LogP contribution in [0.25, 0.3) is 11.0 Å². The molecule has 2 aliphatic rings. The molecular weight excluding hydrogens is 568 g/mol. The third-order valence-electron chi connectivity index (χ3n) is 8.42. The molecule has 3 aromatic rings. The fourth-order valence-corrected chi connectivity index (χ4v) is 5.52. The van der Waals surface area contributed by atoms with Crippen molar-refractivity contribution < 1.29 is 4.79 Å². The molecule has 13 nitrogen and oxygen atoms in total. The highest BCUT2D eigenvalue weighted by Gasteiger charge is 2.22. The van der Waals surface area contributed by atoms with Crippen LogP contribution in [0.3, 0.4) is 0 Å². The molecule has 7 N–H and O–H groups in total. The lowest BCUT2D eigenvalue weighted by Gasteiger charge is -2.35. The molecule has 45 heavy (non-hydrogen) atoms. The molecule has 2 fully saturated rings. The van der Waals surface area contributed by atoms with Crippen molar-refractivity contribution in [3.8, 4) is 0 Å². The predicted octanol–water partition coefficient (Wildman–Crippen LogP) is 3.26. The summed E-state index contributed by atoms with van der Waals surface area (Å²) in [6.07, 6.45) is 6.75. The summed E-state index contributed by atoms with van der Waals surface area (Å²) < 4.78 is 0. The lowest BCUT2D eigenvalue weighted by molar-refractivity contribution is 0.0965. The number of nitrogens with two attached hydrogens (primary N) is 2. The second kappa shape index (κ2) is 13.7. The van der Waals surface area contributed by atoms with Gasteiger partial charge in [-0.1, -0.05) is 26.8 Å². The molecule has 0 aliphatic carbocycles. The van der Waals surface area contributed by atoms with Crippen molar-refractivity contribution in [2.45, 2.75) is 47.0 Å². The minimum absolute atomic E-state index is 0.111. The average molecular weight is 615 g/mol. The third-order valence-corrected chi connectivity index (χ3v) is 8.42. The van der Waals surface area contributed by atoms with Gasteiger partial charge in [0.15, 0.2) is 11.6 Å². The molecule has 4 heterocycles. The SMILES string of the molecule is Cc1ccc(C(=O)N/C(N)=C/C(=N)C(C)(C)C)cc1Nc1ncnc2c(N)nc(N3CCN(CCCN4CCCC4)CC3)nc12. The van der Waals surface area contributed by atoms with Gasteiger partial charge in [0.2, 0.25) is 5.95 Å². The molecule has 1 amide bonds. The Morgan fingerprint density at radius 2 is 1.69 bits per heavy atom. The van der Waals surface area contributed by atoms with Gasteiger partial charge in [0.05, 0.1) is 0 Å². The van der Waals surface area contributed by atoms with E-state index in [1.807, 2.05) is 33.8 Å². The van der Waals surface area contributed by atoms with Crippen LogP contribution in [-0.4, -0.2) is 93.7 Å². The van der Waals surface area contributed by atoms with Crippen molar-refractivity contribution in [2.75, 3.05) is 68.3 Å². The van der Waals surface area contributed by atoms with Gasteiger partial charge >= 0.3 is 0 Å². The first kappa shape index (κ1) is 32.0. The summed E-state index contributed by atoms with van der Waals surface area (Å²) in [5, 5.41) is 14.2. The number of anilines is 4. The number of nitrogens with one attached hydrogen (secondary N) is 3. The van der Waals surface area contributed by atoms with Crippen molar-refractivity contribution in [3.63, 3.8) is 0 Å². The number of nitrogen functional groups attached to an aromatic ring is 1. The molecule has 5 rings (SSSR count). The number of piperazine rings is 1. The Hall–Kier alpha value is -4.36. The van der Waals surface area contributed by atoms with Gasteiger partial charge in [-0.15, -0.1) is 0 Å². The number of benzene rings is 1. The van der Waals surface area contributed by atoms with Crippen molar-refractivity contribution in [1.82, 2.24) is 35.1 Å². The highest BCUT2D eigenvalue weighted by Crippen LogP contribution is 2.28. The maximum atomic E-state index is 13.0. The fourth-order valence-electron chi connectivity index (χ4n) is 5.52. The predicted molar refractivity (Wildman–Crippen MR) is 180 cm³/mol. The van der Waals surface area contributed by atoms with E-state index in [1.165, 1.54) is 51.3 Å². The van der Waals surface area contributed by atoms with Crippen molar-refractivity contribution in [1.29, 1.82) is 5.41 Å². The first-order valence-electron chi connectivity index (χ1n) is 15.7. The zero-order chi connectivity index (χ0) is 32.1. The summed E-state index contributed by atoms with van der Waals surface area (Å²) in [6.45, 7) is 16.0. The van der Waals surface area contributed by atoms with E-state index in [-0.39, 0.29) is 17.1 Å². The van der Waals surface area contributed by atoms with Gasteiger partial charge < -0.3 is 37.3 Å². The summed E-state index contributed by atoms with van der Waals surface area (Å²) in [7, 11) is 0. The third kappa shape index (κ3) is 8.03. The first-order valence-corrected chi connectivity index (χ1v) is 15.7. The van der Waals surface area contributed by atoms with Crippen LogP contribution in [-0.2, 0) is 0 Å². The smallest absolute Gasteiger partial charge is 0.256 e. The van der Waals surface area contributed by atoms with Gasteiger partial charge in [-0.05, 0) is 76.1 Å². The minimum atomic E-state index is -0.384. The number of carbonyl (C=O) groups is 1. The highest BCUT2D eigenvalue weighted by atomic mass is 16.1. The number of carbonyl (C=O) groups excluding carboxylic acids is 1. The molecule has 0 radical (unpaired) electrons. The van der Waals surface area contributed by atoms with Crippen LogP contribution >= 0.6 is 0 Å². The van der Waals surface area contributed by atoms with Crippen LogP contribution in [0.1, 0.15) is 56.0 Å². The average Bonchev–Trinajstić information content (AvgIpc) is 3.52. The minimum Gasteiger partial charge on any atom is -0.385 e. The van der Waals surface area contributed by atoms with E-state index in [2.05, 4.69) is 40.3 Å².